The number of carboxylic acids is 1. The lowest BCUT2D eigenvalue weighted by molar-refractivity contribution is -0.159. The van der Waals surface area contributed by atoms with Crippen molar-refractivity contribution in [2.24, 2.45) is 29.4 Å². The van der Waals surface area contributed by atoms with Crippen LogP contribution >= 0.6 is 0 Å². The minimum absolute atomic E-state index is 0.0397. The number of hydrogen-bond donors (Lipinski definition) is 3. The number of unbranched alkanes of at least 4 members (excludes halogenated alkanes) is 5. The maximum absolute atomic E-state index is 12.3. The second-order valence-electron chi connectivity index (χ2n) is 9.82. The summed E-state index contributed by atoms with van der Waals surface area (Å²) >= 11 is 0. The van der Waals surface area contributed by atoms with Crippen LogP contribution in [0.2, 0.25) is 0 Å². The van der Waals surface area contributed by atoms with Crippen LogP contribution in [0, 0.1) is 23.7 Å². The number of amides is 1. The lowest BCUT2D eigenvalue weighted by Gasteiger charge is -2.62. The molecule has 0 heterocycles. The molecule has 4 aliphatic rings. The zero-order chi connectivity index (χ0) is 19.7. The van der Waals surface area contributed by atoms with E-state index in [1.165, 1.54) is 25.7 Å². The highest BCUT2D eigenvalue weighted by molar-refractivity contribution is 5.79. The van der Waals surface area contributed by atoms with E-state index < -0.39 is 11.5 Å². The Morgan fingerprint density at radius 2 is 1.67 bits per heavy atom. The van der Waals surface area contributed by atoms with Crippen molar-refractivity contribution < 1.29 is 14.7 Å². The average molecular weight is 379 g/mol. The van der Waals surface area contributed by atoms with Crippen LogP contribution in [0.15, 0.2) is 0 Å². The first-order valence-corrected chi connectivity index (χ1v) is 11.1. The van der Waals surface area contributed by atoms with Crippen molar-refractivity contribution in [2.75, 3.05) is 0 Å². The number of rotatable bonds is 10. The SMILES string of the molecule is CCCCCCCCC(N)(C(=O)O)C1C2CC3CC1CC(NC(C)=O)(C3)C2. The van der Waals surface area contributed by atoms with Crippen LogP contribution < -0.4 is 11.1 Å². The molecular formula is C22H38N2O3. The Hall–Kier alpha value is -1.10. The molecule has 3 atom stereocenters. The van der Waals surface area contributed by atoms with Crippen molar-refractivity contribution >= 4 is 11.9 Å². The fourth-order valence-electron chi connectivity index (χ4n) is 7.01. The van der Waals surface area contributed by atoms with Gasteiger partial charge in [0.2, 0.25) is 5.91 Å². The molecule has 154 valence electrons. The van der Waals surface area contributed by atoms with Crippen molar-refractivity contribution in [1.82, 2.24) is 5.32 Å². The molecule has 0 aromatic heterocycles. The van der Waals surface area contributed by atoms with Gasteiger partial charge < -0.3 is 16.2 Å². The van der Waals surface area contributed by atoms with Gasteiger partial charge >= 0.3 is 5.97 Å². The Bertz CT molecular complexity index is 548. The number of nitrogens with two attached hydrogens (primary N) is 1. The van der Waals surface area contributed by atoms with E-state index >= 15 is 0 Å². The van der Waals surface area contributed by atoms with E-state index in [9.17, 15) is 14.7 Å². The minimum atomic E-state index is -1.11. The molecule has 0 aromatic carbocycles. The van der Waals surface area contributed by atoms with Gasteiger partial charge in [0, 0.05) is 12.5 Å². The van der Waals surface area contributed by atoms with Crippen molar-refractivity contribution in [1.29, 1.82) is 0 Å². The molecule has 4 N–H and O–H groups in total. The van der Waals surface area contributed by atoms with E-state index in [4.69, 9.17) is 5.73 Å². The first-order valence-electron chi connectivity index (χ1n) is 11.1. The molecule has 0 saturated heterocycles. The summed E-state index contributed by atoms with van der Waals surface area (Å²) in [7, 11) is 0. The summed E-state index contributed by atoms with van der Waals surface area (Å²) in [5, 5.41) is 13.3. The molecule has 5 nitrogen and oxygen atoms in total. The van der Waals surface area contributed by atoms with Gasteiger partial charge in [0.05, 0.1) is 0 Å². The predicted molar refractivity (Wildman–Crippen MR) is 106 cm³/mol. The fraction of sp³-hybridized carbons (Fsp3) is 0.909. The third-order valence-electron chi connectivity index (χ3n) is 7.65. The van der Waals surface area contributed by atoms with Gasteiger partial charge in [-0.15, -0.1) is 0 Å². The topological polar surface area (TPSA) is 92.4 Å². The molecule has 4 bridgehead atoms. The number of carboxylic acid groups (broad SMARTS) is 1. The van der Waals surface area contributed by atoms with E-state index in [2.05, 4.69) is 12.2 Å². The normalized spacial score (nSPS) is 36.4. The highest BCUT2D eigenvalue weighted by atomic mass is 16.4. The van der Waals surface area contributed by atoms with Gasteiger partial charge in [-0.05, 0) is 62.2 Å². The first-order chi connectivity index (χ1) is 12.8. The summed E-state index contributed by atoms with van der Waals surface area (Å²) in [5.74, 6) is 0.579. The molecule has 3 unspecified atom stereocenters. The minimum Gasteiger partial charge on any atom is -0.480 e. The van der Waals surface area contributed by atoms with Crippen LogP contribution in [-0.2, 0) is 9.59 Å². The number of carbonyl (C=O) groups is 2. The predicted octanol–water partition coefficient (Wildman–Crippen LogP) is 3.85. The lowest BCUT2D eigenvalue weighted by Crippen LogP contribution is -2.69. The molecule has 4 aliphatic carbocycles. The van der Waals surface area contributed by atoms with E-state index in [-0.39, 0.29) is 17.4 Å². The maximum Gasteiger partial charge on any atom is 0.323 e. The van der Waals surface area contributed by atoms with Crippen LogP contribution in [0.5, 0.6) is 0 Å². The molecular weight excluding hydrogens is 340 g/mol. The largest absolute Gasteiger partial charge is 0.480 e. The van der Waals surface area contributed by atoms with Gasteiger partial charge in [-0.3, -0.25) is 9.59 Å². The smallest absolute Gasteiger partial charge is 0.323 e. The van der Waals surface area contributed by atoms with E-state index in [1.54, 1.807) is 6.92 Å². The summed E-state index contributed by atoms with van der Waals surface area (Å²) in [6.45, 7) is 3.80. The van der Waals surface area contributed by atoms with E-state index in [0.717, 1.165) is 44.9 Å². The van der Waals surface area contributed by atoms with Crippen LogP contribution in [0.4, 0.5) is 0 Å². The fourth-order valence-corrected chi connectivity index (χ4v) is 7.01. The summed E-state index contributed by atoms with van der Waals surface area (Å²) in [4.78, 5) is 24.0. The average Bonchev–Trinajstić information content (AvgIpc) is 2.55. The van der Waals surface area contributed by atoms with Gasteiger partial charge in [-0.25, -0.2) is 0 Å². The third kappa shape index (κ3) is 4.18. The molecule has 4 saturated carbocycles. The van der Waals surface area contributed by atoms with E-state index in [1.807, 2.05) is 0 Å². The standard InChI is InChI=1S/C22H38N2O3/c1-3-4-5-6-7-8-9-22(23,20(26)27)19-17-10-16-11-18(19)14-21(12-16,13-17)24-15(2)25/h16-19H,3-14,23H2,1-2H3,(H,24,25)(H,26,27). The molecule has 0 radical (unpaired) electrons. The monoisotopic (exact) mass is 378 g/mol. The third-order valence-corrected chi connectivity index (χ3v) is 7.65. The van der Waals surface area contributed by atoms with Crippen molar-refractivity contribution in [3.63, 3.8) is 0 Å². The molecule has 4 fully saturated rings. The number of carbonyl (C=O) groups excluding carboxylic acids is 1. The maximum atomic E-state index is 12.3. The van der Waals surface area contributed by atoms with Crippen molar-refractivity contribution in [3.8, 4) is 0 Å². The van der Waals surface area contributed by atoms with Crippen molar-refractivity contribution in [3.05, 3.63) is 0 Å². The van der Waals surface area contributed by atoms with Crippen molar-refractivity contribution in [2.45, 2.75) is 102 Å². The van der Waals surface area contributed by atoms with Gasteiger partial charge in [0.15, 0.2) is 0 Å². The second kappa shape index (κ2) is 8.10. The van der Waals surface area contributed by atoms with Crippen LogP contribution in [-0.4, -0.2) is 28.1 Å². The highest BCUT2D eigenvalue weighted by Gasteiger charge is 2.61. The van der Waals surface area contributed by atoms with Crippen LogP contribution in [0.25, 0.3) is 0 Å². The molecule has 27 heavy (non-hydrogen) atoms. The Morgan fingerprint density at radius 1 is 1.07 bits per heavy atom. The zero-order valence-corrected chi connectivity index (χ0v) is 17.1. The summed E-state index contributed by atoms with van der Waals surface area (Å²) in [6, 6.07) is 0. The quantitative estimate of drug-likeness (QED) is 0.503. The van der Waals surface area contributed by atoms with Gasteiger partial charge in [0.1, 0.15) is 5.54 Å². The van der Waals surface area contributed by atoms with Crippen LogP contribution in [0.3, 0.4) is 0 Å². The Morgan fingerprint density at radius 3 is 2.22 bits per heavy atom. The number of hydrogen-bond acceptors (Lipinski definition) is 3. The Labute approximate surface area is 163 Å². The molecule has 0 aromatic rings. The van der Waals surface area contributed by atoms with Gasteiger partial charge in [-0.1, -0.05) is 45.4 Å². The highest BCUT2D eigenvalue weighted by Crippen LogP contribution is 2.60. The van der Waals surface area contributed by atoms with Gasteiger partial charge in [0.25, 0.3) is 0 Å². The number of nitrogens with one attached hydrogen (secondary N) is 1. The Balaban J connectivity index is 1.68. The number of aliphatic carboxylic acids is 1. The second-order valence-corrected chi connectivity index (χ2v) is 9.82. The van der Waals surface area contributed by atoms with Crippen LogP contribution in [0.1, 0.15) is 90.9 Å². The van der Waals surface area contributed by atoms with E-state index in [0.29, 0.717) is 24.2 Å². The summed E-state index contributed by atoms with van der Waals surface area (Å²) < 4.78 is 0. The molecule has 4 rings (SSSR count). The molecule has 0 spiro atoms. The first kappa shape index (κ1) is 20.6. The molecule has 5 heteroatoms. The Kier molecular flexibility index (Phi) is 6.19. The lowest BCUT2D eigenvalue weighted by atomic mass is 9.45. The van der Waals surface area contributed by atoms with Gasteiger partial charge in [-0.2, -0.15) is 0 Å². The molecule has 1 amide bonds. The summed E-state index contributed by atoms with van der Waals surface area (Å²) in [5.41, 5.74) is 5.46. The summed E-state index contributed by atoms with van der Waals surface area (Å²) in [6.07, 6.45) is 12.5. The molecule has 0 aliphatic heterocycles. The zero-order valence-electron chi connectivity index (χ0n) is 17.1.